The monoisotopic (exact) mass is 840 g/mol. The maximum Gasteiger partial charge on any atom is 0.410 e. The van der Waals surface area contributed by atoms with Gasteiger partial charge in [0, 0.05) is 23.9 Å². The molecule has 2 aliphatic heterocycles. The van der Waals surface area contributed by atoms with Gasteiger partial charge in [0.05, 0.1) is 23.1 Å². The molecule has 2 aromatic heterocycles. The van der Waals surface area contributed by atoms with Crippen molar-refractivity contribution in [2.75, 3.05) is 13.1 Å². The van der Waals surface area contributed by atoms with Crippen LogP contribution in [0, 0.1) is 0 Å². The molecule has 2 saturated heterocycles. The van der Waals surface area contributed by atoms with Gasteiger partial charge in [0.2, 0.25) is 0 Å². The van der Waals surface area contributed by atoms with Crippen LogP contribution in [0.25, 0.3) is 21.8 Å². The second-order valence-electron chi connectivity index (χ2n) is 15.5. The first kappa shape index (κ1) is 39.9. The van der Waals surface area contributed by atoms with Crippen LogP contribution in [-0.2, 0) is 9.47 Å². The summed E-state index contributed by atoms with van der Waals surface area (Å²) in [4.78, 5) is 37.6. The largest absolute Gasteiger partial charge is 0.444 e. The molecule has 280 valence electrons. The molecule has 0 bridgehead atoms. The van der Waals surface area contributed by atoms with Crippen molar-refractivity contribution in [2.24, 2.45) is 0 Å². The number of carbonyl (C=O) groups excluding carboxylic acids is 2. The van der Waals surface area contributed by atoms with Crippen LogP contribution in [0.15, 0.2) is 69.9 Å². The summed E-state index contributed by atoms with van der Waals surface area (Å²) >= 11 is 6.86. The van der Waals surface area contributed by atoms with Crippen LogP contribution in [0.5, 0.6) is 0 Å². The first-order valence-electron chi connectivity index (χ1n) is 18.0. The Morgan fingerprint density at radius 1 is 0.673 bits per heavy atom. The molecule has 0 unspecified atom stereocenters. The number of rotatable bonds is 4. The maximum atomic E-state index is 12.7. The third-order valence-electron chi connectivity index (χ3n) is 9.15. The van der Waals surface area contributed by atoms with Gasteiger partial charge in [0.25, 0.3) is 0 Å². The van der Waals surface area contributed by atoms with E-state index >= 15 is 0 Å². The number of pyridine rings is 2. The number of amides is 2. The van der Waals surface area contributed by atoms with Crippen molar-refractivity contribution in [1.82, 2.24) is 19.8 Å². The number of carbonyl (C=O) groups is 2. The quantitative estimate of drug-likeness (QED) is 0.195. The average molecular weight is 843 g/mol. The Morgan fingerprint density at radius 3 is 1.40 bits per heavy atom. The van der Waals surface area contributed by atoms with Gasteiger partial charge in [-0.3, -0.25) is 0 Å². The van der Waals surface area contributed by atoms with Crippen LogP contribution in [0.1, 0.15) is 103 Å². The van der Waals surface area contributed by atoms with Gasteiger partial charge in [-0.25, -0.2) is 19.6 Å². The zero-order valence-corrected chi connectivity index (χ0v) is 34.0. The molecule has 2 fully saturated rings. The standard InChI is InChI=1S/2C20H25BrN2O3/c2*1-20(2,3)26-19(25)23-11-7-6-10-16(23)18(24)14-12-17(21)22-15-9-5-4-8-13(14)15/h2*4-5,8-9,12,16,18,24H,6-7,10-11H2,1-3H3/t2*16-,18-/m10/s1. The third kappa shape index (κ3) is 10.0. The van der Waals surface area contributed by atoms with Crippen molar-refractivity contribution in [3.8, 4) is 0 Å². The molecule has 2 aliphatic rings. The molecular weight excluding hydrogens is 792 g/mol. The summed E-state index contributed by atoms with van der Waals surface area (Å²) in [5.41, 5.74) is 2.07. The second kappa shape index (κ2) is 16.8. The molecule has 0 spiro atoms. The minimum absolute atomic E-state index is 0.309. The van der Waals surface area contributed by atoms with Gasteiger partial charge in [-0.1, -0.05) is 36.4 Å². The summed E-state index contributed by atoms with van der Waals surface area (Å²) in [6.07, 6.45) is 2.96. The lowest BCUT2D eigenvalue weighted by molar-refractivity contribution is -0.0170. The van der Waals surface area contributed by atoms with Gasteiger partial charge in [-0.2, -0.15) is 0 Å². The highest BCUT2D eigenvalue weighted by atomic mass is 79.9. The van der Waals surface area contributed by atoms with E-state index in [4.69, 9.17) is 9.47 Å². The first-order chi connectivity index (χ1) is 24.5. The van der Waals surface area contributed by atoms with Crippen LogP contribution in [-0.4, -0.2) is 78.5 Å². The second-order valence-corrected chi connectivity index (χ2v) is 17.1. The van der Waals surface area contributed by atoms with Crippen molar-refractivity contribution in [1.29, 1.82) is 0 Å². The number of likely N-dealkylation sites (tertiary alicyclic amines) is 2. The summed E-state index contributed by atoms with van der Waals surface area (Å²) in [5.74, 6) is 0. The molecule has 0 saturated carbocycles. The molecule has 10 nitrogen and oxygen atoms in total. The molecule has 2 N–H and O–H groups in total. The van der Waals surface area contributed by atoms with E-state index in [1.165, 1.54) is 0 Å². The lowest BCUT2D eigenvalue weighted by Crippen LogP contribution is -2.48. The summed E-state index contributed by atoms with van der Waals surface area (Å²) < 4.78 is 12.5. The van der Waals surface area contributed by atoms with Crippen LogP contribution in [0.4, 0.5) is 9.59 Å². The zero-order chi connectivity index (χ0) is 37.8. The molecule has 0 aliphatic carbocycles. The molecule has 6 rings (SSSR count). The fraction of sp³-hybridized carbons (Fsp3) is 0.500. The molecule has 0 radical (unpaired) electrons. The van der Waals surface area contributed by atoms with E-state index in [0.29, 0.717) is 22.3 Å². The van der Waals surface area contributed by atoms with Gasteiger partial charge in [0.15, 0.2) is 0 Å². The number of aliphatic hydroxyl groups excluding tert-OH is 2. The maximum absolute atomic E-state index is 12.7. The minimum atomic E-state index is -0.799. The molecule has 12 heteroatoms. The number of aliphatic hydroxyl groups is 2. The average Bonchev–Trinajstić information content (AvgIpc) is 3.09. The Morgan fingerprint density at radius 2 is 1.04 bits per heavy atom. The Balaban J connectivity index is 0.000000201. The number of fused-ring (bicyclic) bond motifs is 2. The van der Waals surface area contributed by atoms with E-state index in [-0.39, 0.29) is 24.3 Å². The van der Waals surface area contributed by atoms with Crippen LogP contribution >= 0.6 is 31.9 Å². The number of benzene rings is 2. The summed E-state index contributed by atoms with van der Waals surface area (Å²) in [6, 6.07) is 18.5. The zero-order valence-electron chi connectivity index (χ0n) is 30.8. The molecule has 4 aromatic rings. The van der Waals surface area contributed by atoms with Crippen molar-refractivity contribution < 1.29 is 29.3 Å². The van der Waals surface area contributed by atoms with E-state index < -0.39 is 23.4 Å². The van der Waals surface area contributed by atoms with Gasteiger partial charge in [-0.05, 0) is 147 Å². The molecule has 52 heavy (non-hydrogen) atoms. The normalized spacial score (nSPS) is 19.4. The Kier molecular flexibility index (Phi) is 12.9. The predicted molar refractivity (Wildman–Crippen MR) is 210 cm³/mol. The molecule has 4 heterocycles. The summed E-state index contributed by atoms with van der Waals surface area (Å²) in [6.45, 7) is 12.3. The van der Waals surface area contributed by atoms with E-state index in [2.05, 4.69) is 41.8 Å². The molecule has 2 amide bonds. The number of para-hydroxylation sites is 2. The van der Waals surface area contributed by atoms with E-state index in [1.807, 2.05) is 102 Å². The fourth-order valence-electron chi connectivity index (χ4n) is 6.91. The number of ether oxygens (including phenoxy) is 2. The number of hydrogen-bond acceptors (Lipinski definition) is 8. The van der Waals surface area contributed by atoms with Gasteiger partial charge in [0.1, 0.15) is 32.6 Å². The highest BCUT2D eigenvalue weighted by Gasteiger charge is 2.37. The smallest absolute Gasteiger partial charge is 0.410 e. The highest BCUT2D eigenvalue weighted by Crippen LogP contribution is 2.36. The topological polar surface area (TPSA) is 125 Å². The van der Waals surface area contributed by atoms with Gasteiger partial charge >= 0.3 is 12.2 Å². The minimum Gasteiger partial charge on any atom is -0.444 e. The molecule has 4 atom stereocenters. The van der Waals surface area contributed by atoms with E-state index in [0.717, 1.165) is 71.5 Å². The number of halogens is 2. The van der Waals surface area contributed by atoms with Crippen LogP contribution in [0.2, 0.25) is 0 Å². The lowest BCUT2D eigenvalue weighted by Gasteiger charge is -2.39. The van der Waals surface area contributed by atoms with Crippen molar-refractivity contribution in [2.45, 2.75) is 116 Å². The Hall–Kier alpha value is -3.32. The predicted octanol–water partition coefficient (Wildman–Crippen LogP) is 9.64. The lowest BCUT2D eigenvalue weighted by atomic mass is 9.91. The fourth-order valence-corrected chi connectivity index (χ4v) is 7.78. The van der Waals surface area contributed by atoms with Crippen molar-refractivity contribution in [3.05, 3.63) is 81.0 Å². The number of hydrogen-bond donors (Lipinski definition) is 2. The van der Waals surface area contributed by atoms with E-state index in [1.54, 1.807) is 9.80 Å². The van der Waals surface area contributed by atoms with Crippen molar-refractivity contribution in [3.63, 3.8) is 0 Å². The van der Waals surface area contributed by atoms with Crippen LogP contribution < -0.4 is 0 Å². The van der Waals surface area contributed by atoms with Crippen LogP contribution in [0.3, 0.4) is 0 Å². The molecule has 2 aromatic carbocycles. The number of piperidine rings is 2. The number of nitrogens with zero attached hydrogens (tertiary/aromatic N) is 4. The number of aromatic nitrogens is 2. The Labute approximate surface area is 323 Å². The SMILES string of the molecule is CC(C)(C)OC(=O)N1CCCC[C@@H]1[C@H](O)c1cc(Br)nc2ccccc12.CC(C)(C)OC(=O)N1CCCC[C@H]1[C@@H](O)c1cc(Br)nc2ccccc12. The summed E-state index contributed by atoms with van der Waals surface area (Å²) in [7, 11) is 0. The molecular formula is C40H50Br2N4O6. The first-order valence-corrected chi connectivity index (χ1v) is 19.6. The Bertz CT molecular complexity index is 1740. The van der Waals surface area contributed by atoms with Gasteiger partial charge < -0.3 is 29.5 Å². The summed E-state index contributed by atoms with van der Waals surface area (Å²) in [5, 5.41) is 24.2. The van der Waals surface area contributed by atoms with E-state index in [9.17, 15) is 19.8 Å². The third-order valence-corrected chi connectivity index (χ3v) is 9.97. The van der Waals surface area contributed by atoms with Gasteiger partial charge in [-0.15, -0.1) is 0 Å². The highest BCUT2D eigenvalue weighted by molar-refractivity contribution is 9.10. The van der Waals surface area contributed by atoms with Crippen molar-refractivity contribution >= 4 is 65.9 Å².